The molecule has 2 rings (SSSR count). The van der Waals surface area contributed by atoms with Crippen molar-refractivity contribution < 1.29 is 8.42 Å². The largest absolute Gasteiger partial charge is 0.398 e. The highest BCUT2D eigenvalue weighted by Gasteiger charge is 2.21. The molecule has 2 aromatic rings. The third-order valence-electron chi connectivity index (χ3n) is 3.00. The van der Waals surface area contributed by atoms with Crippen LogP contribution in [0.1, 0.15) is 11.1 Å². The van der Waals surface area contributed by atoms with Crippen molar-refractivity contribution in [2.45, 2.75) is 18.7 Å². The third-order valence-corrected chi connectivity index (χ3v) is 3.93. The fraction of sp³-hybridized carbons (Fsp3) is 0.167. The van der Waals surface area contributed by atoms with E-state index >= 15 is 0 Å². The second kappa shape index (κ2) is 4.60. The summed E-state index contributed by atoms with van der Waals surface area (Å²) in [6.07, 6.45) is 3.08. The molecule has 0 bridgehead atoms. The van der Waals surface area contributed by atoms with E-state index in [1.165, 1.54) is 6.07 Å². The number of benzene rings is 1. The predicted molar refractivity (Wildman–Crippen MR) is 72.7 cm³/mol. The summed E-state index contributed by atoms with van der Waals surface area (Å²) in [6, 6.07) is 3.00. The minimum absolute atomic E-state index is 0.0562. The average Bonchev–Trinajstić information content (AvgIpc) is 2.35. The zero-order valence-corrected chi connectivity index (χ0v) is 11.4. The Hall–Kier alpha value is -1.99. The second-order valence-corrected chi connectivity index (χ2v) is 5.74. The minimum Gasteiger partial charge on any atom is -0.398 e. The molecule has 0 aliphatic heterocycles. The first-order chi connectivity index (χ1) is 8.82. The molecule has 0 aliphatic carbocycles. The normalized spacial score (nSPS) is 11.5. The number of hydrogen-bond donors (Lipinski definition) is 2. The molecule has 0 atom stereocenters. The standard InChI is InChI=1S/C12H14N4O2S/c1-7-8(2)11(12-15-4-3-5-16-12)10(6-9(7)13)19(14,17)18/h3-6H,13H2,1-2H3,(H2,14,17,18). The van der Waals surface area contributed by atoms with Gasteiger partial charge in [-0.2, -0.15) is 0 Å². The van der Waals surface area contributed by atoms with Crippen molar-refractivity contribution in [1.82, 2.24) is 9.97 Å². The van der Waals surface area contributed by atoms with Crippen molar-refractivity contribution in [2.75, 3.05) is 5.73 Å². The highest BCUT2D eigenvalue weighted by Crippen LogP contribution is 2.32. The molecule has 19 heavy (non-hydrogen) atoms. The molecule has 1 aromatic heterocycles. The van der Waals surface area contributed by atoms with Gasteiger partial charge in [-0.1, -0.05) is 0 Å². The summed E-state index contributed by atoms with van der Waals surface area (Å²) in [5.74, 6) is 0.312. The zero-order chi connectivity index (χ0) is 14.2. The minimum atomic E-state index is -3.90. The van der Waals surface area contributed by atoms with Crippen molar-refractivity contribution in [2.24, 2.45) is 5.14 Å². The highest BCUT2D eigenvalue weighted by atomic mass is 32.2. The van der Waals surface area contributed by atoms with E-state index in [9.17, 15) is 8.42 Å². The van der Waals surface area contributed by atoms with Crippen LogP contribution in [0.15, 0.2) is 29.4 Å². The lowest BCUT2D eigenvalue weighted by molar-refractivity contribution is 0.598. The molecule has 0 radical (unpaired) electrons. The lowest BCUT2D eigenvalue weighted by Crippen LogP contribution is -2.16. The van der Waals surface area contributed by atoms with Crippen LogP contribution in [0.5, 0.6) is 0 Å². The first kappa shape index (κ1) is 13.4. The lowest BCUT2D eigenvalue weighted by atomic mass is 10.0. The summed E-state index contributed by atoms with van der Waals surface area (Å²) in [5, 5.41) is 5.24. The molecule has 0 saturated heterocycles. The molecule has 0 saturated carbocycles. The molecular formula is C12H14N4O2S. The summed E-state index contributed by atoms with van der Waals surface area (Å²) in [5.41, 5.74) is 8.07. The number of nitrogen functional groups attached to an aromatic ring is 1. The van der Waals surface area contributed by atoms with Gasteiger partial charge in [0.1, 0.15) is 0 Å². The monoisotopic (exact) mass is 278 g/mol. The van der Waals surface area contributed by atoms with Gasteiger partial charge in [0.25, 0.3) is 0 Å². The van der Waals surface area contributed by atoms with E-state index in [-0.39, 0.29) is 4.90 Å². The van der Waals surface area contributed by atoms with Crippen LogP contribution in [-0.2, 0) is 10.0 Å². The Kier molecular flexibility index (Phi) is 3.25. The van der Waals surface area contributed by atoms with Gasteiger partial charge in [0, 0.05) is 23.6 Å². The van der Waals surface area contributed by atoms with E-state index in [2.05, 4.69) is 9.97 Å². The summed E-state index contributed by atoms with van der Waals surface area (Å²) in [4.78, 5) is 8.11. The Morgan fingerprint density at radius 3 is 2.21 bits per heavy atom. The average molecular weight is 278 g/mol. The maximum Gasteiger partial charge on any atom is 0.238 e. The third kappa shape index (κ3) is 2.42. The lowest BCUT2D eigenvalue weighted by Gasteiger charge is -2.14. The van der Waals surface area contributed by atoms with Gasteiger partial charge in [-0.05, 0) is 37.1 Å². The molecule has 0 amide bonds. The molecule has 7 heteroatoms. The fourth-order valence-corrected chi connectivity index (χ4v) is 2.66. The van der Waals surface area contributed by atoms with Gasteiger partial charge < -0.3 is 5.73 Å². The first-order valence-corrected chi connectivity index (χ1v) is 7.07. The molecule has 4 N–H and O–H groups in total. The topological polar surface area (TPSA) is 112 Å². The van der Waals surface area contributed by atoms with Crippen molar-refractivity contribution in [3.8, 4) is 11.4 Å². The molecule has 100 valence electrons. The number of primary sulfonamides is 1. The van der Waals surface area contributed by atoms with Gasteiger partial charge in [-0.15, -0.1) is 0 Å². The number of sulfonamides is 1. The molecule has 0 spiro atoms. The van der Waals surface area contributed by atoms with Crippen LogP contribution in [0.4, 0.5) is 5.69 Å². The maximum absolute atomic E-state index is 11.7. The smallest absolute Gasteiger partial charge is 0.238 e. The van der Waals surface area contributed by atoms with E-state index in [1.54, 1.807) is 25.4 Å². The summed E-state index contributed by atoms with van der Waals surface area (Å²) < 4.78 is 23.4. The van der Waals surface area contributed by atoms with Crippen LogP contribution in [0.3, 0.4) is 0 Å². The Morgan fingerprint density at radius 1 is 1.11 bits per heavy atom. The van der Waals surface area contributed by atoms with E-state index in [0.29, 0.717) is 22.6 Å². The van der Waals surface area contributed by atoms with E-state index in [4.69, 9.17) is 10.9 Å². The molecular weight excluding hydrogens is 264 g/mol. The van der Waals surface area contributed by atoms with Crippen LogP contribution >= 0.6 is 0 Å². The predicted octanol–water partition coefficient (Wildman–Crippen LogP) is 0.990. The molecule has 0 fully saturated rings. The Morgan fingerprint density at radius 2 is 1.68 bits per heavy atom. The van der Waals surface area contributed by atoms with E-state index < -0.39 is 10.0 Å². The molecule has 1 heterocycles. The Balaban J connectivity index is 2.90. The van der Waals surface area contributed by atoms with Gasteiger partial charge in [0.05, 0.1) is 4.90 Å². The van der Waals surface area contributed by atoms with Crippen LogP contribution in [0, 0.1) is 13.8 Å². The summed E-state index contributed by atoms with van der Waals surface area (Å²) >= 11 is 0. The highest BCUT2D eigenvalue weighted by molar-refractivity contribution is 7.89. The zero-order valence-electron chi connectivity index (χ0n) is 10.6. The SMILES string of the molecule is Cc1c(N)cc(S(N)(=O)=O)c(-c2ncccn2)c1C. The van der Waals surface area contributed by atoms with Crippen LogP contribution in [0.2, 0.25) is 0 Å². The summed E-state index contributed by atoms with van der Waals surface area (Å²) in [7, 11) is -3.90. The number of anilines is 1. The first-order valence-electron chi connectivity index (χ1n) is 5.52. The number of aromatic nitrogens is 2. The van der Waals surface area contributed by atoms with E-state index in [1.807, 2.05) is 6.92 Å². The Bertz CT molecular complexity index is 727. The van der Waals surface area contributed by atoms with Gasteiger partial charge in [0.2, 0.25) is 10.0 Å². The number of rotatable bonds is 2. The second-order valence-electron chi connectivity index (χ2n) is 4.21. The number of hydrogen-bond acceptors (Lipinski definition) is 5. The molecule has 6 nitrogen and oxygen atoms in total. The van der Waals surface area contributed by atoms with Crippen LogP contribution in [0.25, 0.3) is 11.4 Å². The maximum atomic E-state index is 11.7. The van der Waals surface area contributed by atoms with Crippen LogP contribution < -0.4 is 10.9 Å². The van der Waals surface area contributed by atoms with E-state index in [0.717, 1.165) is 5.56 Å². The van der Waals surface area contributed by atoms with Gasteiger partial charge in [0.15, 0.2) is 5.82 Å². The van der Waals surface area contributed by atoms with Crippen LogP contribution in [-0.4, -0.2) is 18.4 Å². The van der Waals surface area contributed by atoms with Crippen molar-refractivity contribution in [3.05, 3.63) is 35.7 Å². The molecule has 0 unspecified atom stereocenters. The molecule has 0 aliphatic rings. The number of nitrogens with two attached hydrogens (primary N) is 2. The van der Waals surface area contributed by atoms with Gasteiger partial charge >= 0.3 is 0 Å². The van der Waals surface area contributed by atoms with Gasteiger partial charge in [-0.3, -0.25) is 0 Å². The summed E-state index contributed by atoms with van der Waals surface area (Å²) in [6.45, 7) is 3.58. The fourth-order valence-electron chi connectivity index (χ4n) is 1.84. The van der Waals surface area contributed by atoms with Crippen molar-refractivity contribution >= 4 is 15.7 Å². The molecule has 1 aromatic carbocycles. The number of nitrogens with zero attached hydrogens (tertiary/aromatic N) is 2. The van der Waals surface area contributed by atoms with Crippen molar-refractivity contribution in [3.63, 3.8) is 0 Å². The van der Waals surface area contributed by atoms with Gasteiger partial charge in [-0.25, -0.2) is 23.5 Å². The Labute approximate surface area is 111 Å². The van der Waals surface area contributed by atoms with Crippen molar-refractivity contribution in [1.29, 1.82) is 0 Å². The quantitative estimate of drug-likeness (QED) is 0.795.